The second kappa shape index (κ2) is 21.6. The standard InChI is InChI=1S/C44H68N2O8Si/c1-30-21-20-24-34-27-36(51-8)28-37(41(34)52-9)46-39(47)29-35(50-7)25-18-13-12-14-19-26-38(31(2)40(30)54-55(10,11)44(4,5)6)53-43(49)32(3)45-42(48)33-22-16-15-17-23-33/h12-14,18-19,21,25,27-28,31-33,35,38,40H,15-17,20,22-24,26,29H2,1-11H3,(H,45,48)(H,46,47)/b13-12+,19-14+,25-18+,30-21-/t31-,32+,35-,38-,40-/m0/s1. The van der Waals surface area contributed by atoms with Crippen LogP contribution >= 0.6 is 0 Å². The molecule has 1 fully saturated rings. The number of rotatable bonds is 9. The van der Waals surface area contributed by atoms with E-state index >= 15 is 0 Å². The Bertz CT molecular complexity index is 1550. The number of carbonyl (C=O) groups excluding carboxylic acids is 3. The van der Waals surface area contributed by atoms with Crippen molar-refractivity contribution < 1.29 is 37.8 Å². The molecule has 1 saturated carbocycles. The van der Waals surface area contributed by atoms with Crippen molar-refractivity contribution in [3.8, 4) is 11.5 Å². The summed E-state index contributed by atoms with van der Waals surface area (Å²) < 4.78 is 30.6. The van der Waals surface area contributed by atoms with Crippen LogP contribution in [0.3, 0.4) is 0 Å². The van der Waals surface area contributed by atoms with Gasteiger partial charge >= 0.3 is 5.97 Å². The maximum absolute atomic E-state index is 13.7. The first-order valence-electron chi connectivity index (χ1n) is 19.9. The zero-order valence-electron chi connectivity index (χ0n) is 35.3. The van der Waals surface area contributed by atoms with Gasteiger partial charge in [-0.15, -0.1) is 0 Å². The molecule has 11 heteroatoms. The Kier molecular flexibility index (Phi) is 17.9. The molecule has 0 aromatic heterocycles. The molecule has 0 spiro atoms. The predicted octanol–water partition coefficient (Wildman–Crippen LogP) is 9.02. The molecular formula is C44H68N2O8Si. The zero-order valence-corrected chi connectivity index (χ0v) is 36.3. The molecule has 0 unspecified atom stereocenters. The van der Waals surface area contributed by atoms with Gasteiger partial charge in [-0.2, -0.15) is 0 Å². The van der Waals surface area contributed by atoms with Crippen LogP contribution in [0.1, 0.15) is 98.5 Å². The fraction of sp³-hybridized carbons (Fsp3) is 0.614. The van der Waals surface area contributed by atoms with E-state index in [0.29, 0.717) is 36.4 Å². The topological polar surface area (TPSA) is 121 Å². The lowest BCUT2D eigenvalue weighted by Gasteiger charge is -2.42. The van der Waals surface area contributed by atoms with Crippen molar-refractivity contribution in [3.05, 3.63) is 65.8 Å². The molecule has 1 aromatic rings. The van der Waals surface area contributed by atoms with Gasteiger partial charge in [0.2, 0.25) is 11.8 Å². The average Bonchev–Trinajstić information content (AvgIpc) is 3.14. The Morgan fingerprint density at radius 1 is 0.982 bits per heavy atom. The summed E-state index contributed by atoms with van der Waals surface area (Å²) in [6.45, 7) is 17.0. The molecule has 2 aliphatic rings. The summed E-state index contributed by atoms with van der Waals surface area (Å²) in [5, 5.41) is 5.89. The number of allylic oxidation sites excluding steroid dienone is 5. The van der Waals surface area contributed by atoms with Crippen LogP contribution in [0.4, 0.5) is 5.69 Å². The van der Waals surface area contributed by atoms with Gasteiger partial charge in [0.1, 0.15) is 23.6 Å². The highest BCUT2D eigenvalue weighted by molar-refractivity contribution is 6.74. The Morgan fingerprint density at radius 2 is 1.67 bits per heavy atom. The van der Waals surface area contributed by atoms with Crippen molar-refractivity contribution in [2.45, 2.75) is 142 Å². The predicted molar refractivity (Wildman–Crippen MR) is 223 cm³/mol. The molecule has 5 atom stereocenters. The number of aryl methyl sites for hydroxylation is 1. The molecule has 1 aliphatic carbocycles. The van der Waals surface area contributed by atoms with Crippen molar-refractivity contribution in [2.24, 2.45) is 11.8 Å². The quantitative estimate of drug-likeness (QED) is 0.145. The third-order valence-corrected chi connectivity index (χ3v) is 15.7. The lowest BCUT2D eigenvalue weighted by Crippen LogP contribution is -2.49. The van der Waals surface area contributed by atoms with E-state index < -0.39 is 32.5 Å². The molecule has 1 heterocycles. The first-order valence-corrected chi connectivity index (χ1v) is 22.8. The van der Waals surface area contributed by atoms with Crippen molar-refractivity contribution in [1.82, 2.24) is 5.32 Å². The van der Waals surface area contributed by atoms with Crippen LogP contribution in [-0.4, -0.2) is 71.8 Å². The molecule has 1 aliphatic heterocycles. The van der Waals surface area contributed by atoms with Crippen molar-refractivity contribution in [3.63, 3.8) is 0 Å². The van der Waals surface area contributed by atoms with Crippen LogP contribution in [0.25, 0.3) is 0 Å². The van der Waals surface area contributed by atoms with E-state index in [1.807, 2.05) is 42.5 Å². The highest BCUT2D eigenvalue weighted by Gasteiger charge is 2.42. The zero-order chi connectivity index (χ0) is 40.8. The molecule has 55 heavy (non-hydrogen) atoms. The van der Waals surface area contributed by atoms with Gasteiger partial charge in [-0.05, 0) is 69.3 Å². The van der Waals surface area contributed by atoms with Gasteiger partial charge in [-0.1, -0.05) is 89.5 Å². The Labute approximate surface area is 331 Å². The van der Waals surface area contributed by atoms with E-state index in [0.717, 1.165) is 43.2 Å². The average molecular weight is 781 g/mol. The number of amides is 2. The van der Waals surface area contributed by atoms with E-state index in [2.05, 4.69) is 64.4 Å². The minimum atomic E-state index is -2.31. The summed E-state index contributed by atoms with van der Waals surface area (Å²) in [6, 6.07) is 2.91. The second-order valence-electron chi connectivity index (χ2n) is 16.5. The molecule has 1 aromatic carbocycles. The number of carbonyl (C=O) groups is 3. The number of esters is 1. The van der Waals surface area contributed by atoms with E-state index in [1.165, 1.54) is 0 Å². The normalized spacial score (nSPS) is 25.8. The molecule has 0 radical (unpaired) electrons. The molecule has 2 bridgehead atoms. The van der Waals surface area contributed by atoms with Crippen LogP contribution in [0.2, 0.25) is 18.1 Å². The SMILES string of the molecule is COc1cc2c(OC)c(c1)NC(=O)C[C@@H](OC)/C=C/C=C/C=C/C[C@H](OC(=O)[C@@H](C)NC(=O)C1CCCCC1)[C@H](C)[C@@H](O[Si](C)(C)C(C)(C)C)/C(C)=C\CC2. The molecule has 0 saturated heterocycles. The molecule has 3 rings (SSSR count). The van der Waals surface area contributed by atoms with Gasteiger partial charge in [0.15, 0.2) is 8.32 Å². The van der Waals surface area contributed by atoms with Crippen molar-refractivity contribution >= 4 is 31.8 Å². The van der Waals surface area contributed by atoms with Crippen molar-refractivity contribution in [2.75, 3.05) is 26.6 Å². The number of benzene rings is 1. The summed E-state index contributed by atoms with van der Waals surface area (Å²) >= 11 is 0. The van der Waals surface area contributed by atoms with Gasteiger partial charge in [0.05, 0.1) is 38.5 Å². The largest absolute Gasteiger partial charge is 0.497 e. The lowest BCUT2D eigenvalue weighted by atomic mass is 9.88. The number of anilines is 1. The maximum Gasteiger partial charge on any atom is 0.328 e. The maximum atomic E-state index is 13.7. The number of nitrogens with one attached hydrogen (secondary N) is 2. The Balaban J connectivity index is 2.05. The van der Waals surface area contributed by atoms with Crippen LogP contribution in [0.5, 0.6) is 11.5 Å². The second-order valence-corrected chi connectivity index (χ2v) is 21.3. The first kappa shape index (κ1) is 45.7. The summed E-state index contributed by atoms with van der Waals surface area (Å²) in [5.74, 6) is 0.139. The fourth-order valence-electron chi connectivity index (χ4n) is 6.77. The fourth-order valence-corrected chi connectivity index (χ4v) is 8.16. The number of methoxy groups -OCH3 is 3. The van der Waals surface area contributed by atoms with Crippen LogP contribution in [0.15, 0.2) is 60.2 Å². The molecule has 2 amide bonds. The molecule has 10 nitrogen and oxygen atoms in total. The first-order chi connectivity index (χ1) is 26.0. The number of fused-ring (bicyclic) bond motifs is 2. The van der Waals surface area contributed by atoms with Gasteiger partial charge in [0, 0.05) is 37.0 Å². The summed E-state index contributed by atoms with van der Waals surface area (Å²) in [4.78, 5) is 40.0. The number of ether oxygens (including phenoxy) is 4. The minimum Gasteiger partial charge on any atom is -0.497 e. The lowest BCUT2D eigenvalue weighted by molar-refractivity contribution is -0.156. The smallest absolute Gasteiger partial charge is 0.328 e. The third-order valence-electron chi connectivity index (χ3n) is 11.3. The van der Waals surface area contributed by atoms with Crippen LogP contribution in [0, 0.1) is 11.8 Å². The van der Waals surface area contributed by atoms with Gasteiger partial charge in [-0.25, -0.2) is 4.79 Å². The number of hydrogen-bond acceptors (Lipinski definition) is 8. The van der Waals surface area contributed by atoms with Gasteiger partial charge in [-0.3, -0.25) is 9.59 Å². The van der Waals surface area contributed by atoms with E-state index in [4.69, 9.17) is 23.4 Å². The summed E-state index contributed by atoms with van der Waals surface area (Å²) in [5.41, 5.74) is 2.45. The van der Waals surface area contributed by atoms with Crippen molar-refractivity contribution in [1.29, 1.82) is 0 Å². The van der Waals surface area contributed by atoms with E-state index in [1.54, 1.807) is 34.3 Å². The van der Waals surface area contributed by atoms with E-state index in [-0.39, 0.29) is 41.2 Å². The van der Waals surface area contributed by atoms with Crippen LogP contribution in [-0.2, 0) is 34.7 Å². The van der Waals surface area contributed by atoms with Crippen LogP contribution < -0.4 is 20.1 Å². The minimum absolute atomic E-state index is 0.0597. The molecular weight excluding hydrogens is 713 g/mol. The van der Waals surface area contributed by atoms with Gasteiger partial charge in [0.25, 0.3) is 0 Å². The Morgan fingerprint density at radius 3 is 2.31 bits per heavy atom. The highest BCUT2D eigenvalue weighted by atomic mass is 28.4. The van der Waals surface area contributed by atoms with E-state index in [9.17, 15) is 14.4 Å². The van der Waals surface area contributed by atoms with Gasteiger partial charge < -0.3 is 34.0 Å². The molecule has 2 N–H and O–H groups in total. The monoisotopic (exact) mass is 780 g/mol. The third kappa shape index (κ3) is 13.8. The molecule has 306 valence electrons. The highest BCUT2D eigenvalue weighted by Crippen LogP contribution is 2.40. The summed E-state index contributed by atoms with van der Waals surface area (Å²) in [7, 11) is 2.45. The summed E-state index contributed by atoms with van der Waals surface area (Å²) in [6.07, 6.45) is 18.9. The number of hydrogen-bond donors (Lipinski definition) is 2. The Hall–Kier alpha value is -3.67.